The molecule has 36 heavy (non-hydrogen) atoms. The van der Waals surface area contributed by atoms with Crippen LogP contribution in [0, 0.1) is 0 Å². The number of hydrogen-bond donors (Lipinski definition) is 1. The summed E-state index contributed by atoms with van der Waals surface area (Å²) in [7, 11) is 1.62. The van der Waals surface area contributed by atoms with Crippen molar-refractivity contribution in [2.45, 2.75) is 31.8 Å². The predicted octanol–water partition coefficient (Wildman–Crippen LogP) is 5.08. The van der Waals surface area contributed by atoms with Crippen LogP contribution in [-0.4, -0.2) is 34.6 Å². The average Bonchev–Trinajstić information content (AvgIpc) is 3.56. The van der Waals surface area contributed by atoms with E-state index in [0.29, 0.717) is 13.0 Å². The largest absolute Gasteiger partial charge is 0.497 e. The maximum atomic E-state index is 13.2. The van der Waals surface area contributed by atoms with Crippen molar-refractivity contribution in [2.75, 3.05) is 7.11 Å². The van der Waals surface area contributed by atoms with Gasteiger partial charge >= 0.3 is 0 Å². The molecule has 3 aromatic carbocycles. The molecule has 0 bridgehead atoms. The van der Waals surface area contributed by atoms with E-state index in [1.54, 1.807) is 18.4 Å². The van der Waals surface area contributed by atoms with Crippen LogP contribution in [0.2, 0.25) is 0 Å². The summed E-state index contributed by atoms with van der Waals surface area (Å²) in [5.74, 6) is 0.385. The Labute approximate surface area is 213 Å². The lowest BCUT2D eigenvalue weighted by Gasteiger charge is -2.22. The Morgan fingerprint density at radius 1 is 1.00 bits per heavy atom. The summed E-state index contributed by atoms with van der Waals surface area (Å²) in [4.78, 5) is 30.3. The number of hydrogen-bond acceptors (Lipinski definition) is 6. The van der Waals surface area contributed by atoms with E-state index in [9.17, 15) is 9.59 Å². The molecule has 2 heterocycles. The number of carbonyl (C=O) groups excluding carboxylic acids is 2. The van der Waals surface area contributed by atoms with Gasteiger partial charge in [0.25, 0.3) is 0 Å². The van der Waals surface area contributed by atoms with Crippen LogP contribution in [0.5, 0.6) is 5.75 Å². The summed E-state index contributed by atoms with van der Waals surface area (Å²) in [6, 6.07) is 25.2. The van der Waals surface area contributed by atoms with Crippen molar-refractivity contribution in [3.05, 3.63) is 95.0 Å². The molecule has 8 heteroatoms. The summed E-state index contributed by atoms with van der Waals surface area (Å²) in [5.41, 5.74) is 3.73. The van der Waals surface area contributed by atoms with Crippen molar-refractivity contribution in [3.63, 3.8) is 0 Å². The van der Waals surface area contributed by atoms with Gasteiger partial charge in [-0.15, -0.1) is 11.3 Å². The quantitative estimate of drug-likeness (QED) is 0.367. The lowest BCUT2D eigenvalue weighted by Crippen LogP contribution is -2.29. The fraction of sp³-hybridized carbons (Fsp3) is 0.214. The Morgan fingerprint density at radius 2 is 1.75 bits per heavy atom. The molecular weight excluding hydrogens is 472 g/mol. The minimum atomic E-state index is -0.232. The Balaban J connectivity index is 1.24. The molecule has 0 saturated heterocycles. The second-order valence-electron chi connectivity index (χ2n) is 8.50. The van der Waals surface area contributed by atoms with Crippen molar-refractivity contribution in [1.82, 2.24) is 15.3 Å². The maximum Gasteiger partial charge on any atom is 0.243 e. The molecule has 1 atom stereocenters. The van der Waals surface area contributed by atoms with E-state index in [1.807, 2.05) is 78.9 Å². The molecule has 1 aliphatic heterocycles. The number of thiazole rings is 1. The summed E-state index contributed by atoms with van der Waals surface area (Å²) in [6.07, 6.45) is 0.765. The third-order valence-corrected chi connectivity index (χ3v) is 7.15. The molecule has 2 amide bonds. The molecule has 1 aromatic heterocycles. The van der Waals surface area contributed by atoms with E-state index >= 15 is 0 Å². The van der Waals surface area contributed by atoms with Crippen molar-refractivity contribution in [2.24, 2.45) is 5.10 Å². The molecule has 182 valence electrons. The minimum Gasteiger partial charge on any atom is -0.497 e. The van der Waals surface area contributed by atoms with Gasteiger partial charge < -0.3 is 10.1 Å². The minimum absolute atomic E-state index is 0.0733. The Morgan fingerprint density at radius 3 is 2.50 bits per heavy atom. The number of ether oxygens (including phenoxy) is 1. The smallest absolute Gasteiger partial charge is 0.243 e. The van der Waals surface area contributed by atoms with Crippen LogP contribution in [0.25, 0.3) is 10.2 Å². The first-order valence-electron chi connectivity index (χ1n) is 11.8. The lowest BCUT2D eigenvalue weighted by atomic mass is 9.98. The highest BCUT2D eigenvalue weighted by atomic mass is 32.1. The predicted molar refractivity (Wildman–Crippen MR) is 141 cm³/mol. The fourth-order valence-electron chi connectivity index (χ4n) is 4.22. The van der Waals surface area contributed by atoms with E-state index in [-0.39, 0.29) is 30.7 Å². The summed E-state index contributed by atoms with van der Waals surface area (Å²) >= 11 is 1.55. The number of rotatable bonds is 8. The molecule has 1 aliphatic rings. The van der Waals surface area contributed by atoms with Gasteiger partial charge in [0.2, 0.25) is 11.8 Å². The zero-order valence-corrected chi connectivity index (χ0v) is 20.7. The van der Waals surface area contributed by atoms with Gasteiger partial charge in [0.1, 0.15) is 10.8 Å². The van der Waals surface area contributed by atoms with Gasteiger partial charge in [-0.05, 0) is 35.4 Å². The molecule has 7 nitrogen and oxygen atoms in total. The third kappa shape index (κ3) is 5.28. The maximum absolute atomic E-state index is 13.2. The van der Waals surface area contributed by atoms with Crippen molar-refractivity contribution < 1.29 is 14.3 Å². The van der Waals surface area contributed by atoms with E-state index < -0.39 is 0 Å². The molecular formula is C28H26N4O3S. The molecule has 0 fully saturated rings. The second kappa shape index (κ2) is 10.7. The number of methoxy groups -OCH3 is 1. The van der Waals surface area contributed by atoms with Gasteiger partial charge in [-0.3, -0.25) is 9.59 Å². The van der Waals surface area contributed by atoms with Gasteiger partial charge in [-0.25, -0.2) is 9.99 Å². The van der Waals surface area contributed by atoms with E-state index in [1.165, 1.54) is 5.01 Å². The van der Waals surface area contributed by atoms with Gasteiger partial charge in [-0.2, -0.15) is 5.10 Å². The van der Waals surface area contributed by atoms with Gasteiger partial charge in [0, 0.05) is 19.3 Å². The number of amides is 2. The fourth-order valence-corrected chi connectivity index (χ4v) is 5.13. The monoisotopic (exact) mass is 498 g/mol. The van der Waals surface area contributed by atoms with Crippen LogP contribution >= 0.6 is 11.3 Å². The standard InChI is InChI=1S/C28H26N4O3S/c1-35-21-13-11-20(12-14-21)24-17-23(19-7-3-2-4-8-19)31-32(24)28(34)16-15-26(33)29-18-27-30-22-9-5-6-10-25(22)36-27/h2-14,24H,15-18H2,1H3,(H,29,33). The van der Waals surface area contributed by atoms with Crippen LogP contribution in [0.4, 0.5) is 0 Å². The molecule has 0 aliphatic carbocycles. The van der Waals surface area contributed by atoms with Crippen LogP contribution < -0.4 is 10.1 Å². The number of para-hydroxylation sites is 1. The van der Waals surface area contributed by atoms with E-state index in [2.05, 4.69) is 15.4 Å². The Bertz CT molecular complexity index is 1370. The van der Waals surface area contributed by atoms with Crippen molar-refractivity contribution in [1.29, 1.82) is 0 Å². The molecule has 1 N–H and O–H groups in total. The lowest BCUT2D eigenvalue weighted by molar-refractivity contribution is -0.135. The van der Waals surface area contributed by atoms with Crippen molar-refractivity contribution in [3.8, 4) is 5.75 Å². The number of fused-ring (bicyclic) bond motifs is 1. The Hall–Kier alpha value is -4.04. The van der Waals surface area contributed by atoms with Gasteiger partial charge in [-0.1, -0.05) is 54.6 Å². The highest BCUT2D eigenvalue weighted by molar-refractivity contribution is 7.18. The third-order valence-electron chi connectivity index (χ3n) is 6.11. The van der Waals surface area contributed by atoms with E-state index in [4.69, 9.17) is 4.74 Å². The zero-order valence-electron chi connectivity index (χ0n) is 19.9. The average molecular weight is 499 g/mol. The first-order chi connectivity index (χ1) is 17.6. The first kappa shape index (κ1) is 23.7. The molecule has 0 radical (unpaired) electrons. The van der Waals surface area contributed by atoms with Crippen LogP contribution in [0.1, 0.15) is 41.4 Å². The normalized spacial score (nSPS) is 15.1. The topological polar surface area (TPSA) is 83.9 Å². The summed E-state index contributed by atoms with van der Waals surface area (Å²) in [5, 5.41) is 9.94. The molecule has 1 unspecified atom stereocenters. The second-order valence-corrected chi connectivity index (χ2v) is 9.61. The zero-order chi connectivity index (χ0) is 24.9. The molecule has 5 rings (SSSR count). The number of nitrogens with zero attached hydrogens (tertiary/aromatic N) is 3. The van der Waals surface area contributed by atoms with Crippen LogP contribution in [-0.2, 0) is 16.1 Å². The highest BCUT2D eigenvalue weighted by Gasteiger charge is 2.33. The van der Waals surface area contributed by atoms with Crippen molar-refractivity contribution >= 4 is 39.1 Å². The van der Waals surface area contributed by atoms with Gasteiger partial charge in [0.05, 0.1) is 35.6 Å². The number of hydrazone groups is 1. The number of carbonyl (C=O) groups is 2. The van der Waals surface area contributed by atoms with Crippen LogP contribution in [0.3, 0.4) is 0 Å². The summed E-state index contributed by atoms with van der Waals surface area (Å²) < 4.78 is 6.36. The van der Waals surface area contributed by atoms with Crippen LogP contribution in [0.15, 0.2) is 84.0 Å². The molecule has 0 saturated carbocycles. The van der Waals surface area contributed by atoms with E-state index in [0.717, 1.165) is 37.8 Å². The summed E-state index contributed by atoms with van der Waals surface area (Å²) in [6.45, 7) is 0.348. The highest BCUT2D eigenvalue weighted by Crippen LogP contribution is 2.34. The Kier molecular flexibility index (Phi) is 7.04. The number of benzene rings is 3. The SMILES string of the molecule is COc1ccc(C2CC(c3ccccc3)=NN2C(=O)CCC(=O)NCc2nc3ccccc3s2)cc1. The first-order valence-corrected chi connectivity index (χ1v) is 12.6. The molecule has 0 spiro atoms. The number of nitrogens with one attached hydrogen (secondary N) is 1. The number of aromatic nitrogens is 1. The van der Waals surface area contributed by atoms with Gasteiger partial charge in [0.15, 0.2) is 0 Å². The molecule has 4 aromatic rings.